The molecule has 1 aliphatic heterocycles. The standard InChI is InChI=1S/C18H16N2O3S2/c21-16(8-14-11-25-18(20-14)13-4-7-24-10-13)19-9-12-2-1-3-15-17(12)23-6-5-22-15/h1-4,7,10-11H,5-6,8-9H2,(H,19,21). The van der Waals surface area contributed by atoms with Crippen LogP contribution in [0.1, 0.15) is 11.3 Å². The lowest BCUT2D eigenvalue weighted by Gasteiger charge is -2.21. The van der Waals surface area contributed by atoms with Crippen molar-refractivity contribution in [2.24, 2.45) is 0 Å². The first-order chi connectivity index (χ1) is 12.3. The van der Waals surface area contributed by atoms with Gasteiger partial charge in [-0.15, -0.1) is 11.3 Å². The average molecular weight is 372 g/mol. The van der Waals surface area contributed by atoms with Crippen LogP contribution < -0.4 is 14.8 Å². The van der Waals surface area contributed by atoms with Gasteiger partial charge in [-0.3, -0.25) is 4.79 Å². The minimum absolute atomic E-state index is 0.0588. The Morgan fingerprint density at radius 3 is 3.00 bits per heavy atom. The van der Waals surface area contributed by atoms with Gasteiger partial charge in [0.1, 0.15) is 18.2 Å². The minimum atomic E-state index is -0.0588. The van der Waals surface area contributed by atoms with Crippen molar-refractivity contribution in [2.45, 2.75) is 13.0 Å². The number of aromatic nitrogens is 1. The molecule has 1 amide bonds. The number of hydrogen-bond acceptors (Lipinski definition) is 6. The highest BCUT2D eigenvalue weighted by molar-refractivity contribution is 7.14. The van der Waals surface area contributed by atoms with E-state index in [4.69, 9.17) is 9.47 Å². The molecule has 4 rings (SSSR count). The van der Waals surface area contributed by atoms with Gasteiger partial charge in [-0.2, -0.15) is 11.3 Å². The summed E-state index contributed by atoms with van der Waals surface area (Å²) in [6.45, 7) is 1.49. The van der Waals surface area contributed by atoms with E-state index in [1.54, 1.807) is 22.7 Å². The molecule has 3 heterocycles. The van der Waals surface area contributed by atoms with Gasteiger partial charge >= 0.3 is 0 Å². The van der Waals surface area contributed by atoms with Crippen LogP contribution in [-0.4, -0.2) is 24.1 Å². The summed E-state index contributed by atoms with van der Waals surface area (Å²) in [5.74, 6) is 1.40. The molecular formula is C18H16N2O3S2. The number of thiophene rings is 1. The summed E-state index contributed by atoms with van der Waals surface area (Å²) < 4.78 is 11.2. The van der Waals surface area contributed by atoms with E-state index in [-0.39, 0.29) is 12.3 Å². The van der Waals surface area contributed by atoms with Gasteiger partial charge < -0.3 is 14.8 Å². The molecule has 0 fully saturated rings. The lowest BCUT2D eigenvalue weighted by Crippen LogP contribution is -2.25. The third-order valence-electron chi connectivity index (χ3n) is 3.79. The third kappa shape index (κ3) is 3.67. The Kier molecular flexibility index (Phi) is 4.67. The van der Waals surface area contributed by atoms with Crippen molar-refractivity contribution in [2.75, 3.05) is 13.2 Å². The predicted molar refractivity (Wildman–Crippen MR) is 98.4 cm³/mol. The maximum Gasteiger partial charge on any atom is 0.226 e. The van der Waals surface area contributed by atoms with Gasteiger partial charge in [0.25, 0.3) is 0 Å². The molecule has 7 heteroatoms. The number of rotatable bonds is 5. The van der Waals surface area contributed by atoms with E-state index in [2.05, 4.69) is 15.7 Å². The van der Waals surface area contributed by atoms with Gasteiger partial charge in [0.05, 0.1) is 12.1 Å². The molecule has 1 N–H and O–H groups in total. The first-order valence-electron chi connectivity index (χ1n) is 7.91. The van der Waals surface area contributed by atoms with E-state index in [9.17, 15) is 4.79 Å². The topological polar surface area (TPSA) is 60.5 Å². The Balaban J connectivity index is 1.37. The predicted octanol–water partition coefficient (Wildman–Crippen LogP) is 3.50. The lowest BCUT2D eigenvalue weighted by molar-refractivity contribution is -0.120. The first-order valence-corrected chi connectivity index (χ1v) is 9.73. The average Bonchev–Trinajstić information content (AvgIpc) is 3.31. The number of hydrogen-bond donors (Lipinski definition) is 1. The summed E-state index contributed by atoms with van der Waals surface area (Å²) in [5.41, 5.74) is 2.82. The van der Waals surface area contributed by atoms with E-state index in [0.717, 1.165) is 33.3 Å². The number of para-hydroxylation sites is 1. The van der Waals surface area contributed by atoms with E-state index in [1.807, 2.05) is 35.0 Å². The molecule has 2 aromatic heterocycles. The van der Waals surface area contributed by atoms with Gasteiger partial charge in [0, 0.05) is 28.4 Å². The van der Waals surface area contributed by atoms with Gasteiger partial charge in [-0.1, -0.05) is 12.1 Å². The quantitative estimate of drug-likeness (QED) is 0.745. The second-order valence-electron chi connectivity index (χ2n) is 5.55. The minimum Gasteiger partial charge on any atom is -0.486 e. The highest BCUT2D eigenvalue weighted by atomic mass is 32.1. The number of thiazole rings is 1. The zero-order valence-corrected chi connectivity index (χ0v) is 15.0. The molecule has 25 heavy (non-hydrogen) atoms. The van der Waals surface area contributed by atoms with Crippen LogP contribution >= 0.6 is 22.7 Å². The summed E-state index contributed by atoms with van der Waals surface area (Å²) in [6.07, 6.45) is 0.271. The maximum atomic E-state index is 12.2. The summed E-state index contributed by atoms with van der Waals surface area (Å²) in [4.78, 5) is 16.8. The smallest absolute Gasteiger partial charge is 0.226 e. The van der Waals surface area contributed by atoms with E-state index in [0.29, 0.717) is 19.8 Å². The van der Waals surface area contributed by atoms with Gasteiger partial charge in [-0.05, 0) is 17.5 Å². The third-order valence-corrected chi connectivity index (χ3v) is 5.41. The normalized spacial score (nSPS) is 12.8. The fourth-order valence-corrected chi connectivity index (χ4v) is 4.13. The summed E-state index contributed by atoms with van der Waals surface area (Å²) in [6, 6.07) is 7.75. The van der Waals surface area contributed by atoms with Crippen molar-refractivity contribution in [1.82, 2.24) is 10.3 Å². The van der Waals surface area contributed by atoms with E-state index >= 15 is 0 Å². The zero-order valence-electron chi connectivity index (χ0n) is 13.4. The number of nitrogens with zero attached hydrogens (tertiary/aromatic N) is 1. The van der Waals surface area contributed by atoms with Crippen molar-refractivity contribution in [3.05, 3.63) is 51.7 Å². The van der Waals surface area contributed by atoms with Crippen LogP contribution in [0.5, 0.6) is 11.5 Å². The van der Waals surface area contributed by atoms with Crippen LogP contribution in [-0.2, 0) is 17.8 Å². The van der Waals surface area contributed by atoms with Crippen molar-refractivity contribution < 1.29 is 14.3 Å². The number of carbonyl (C=O) groups excluding carboxylic acids is 1. The Labute approximate surface area is 153 Å². The number of fused-ring (bicyclic) bond motifs is 1. The summed E-state index contributed by atoms with van der Waals surface area (Å²) in [7, 11) is 0. The van der Waals surface area contributed by atoms with Gasteiger partial charge in [0.2, 0.25) is 5.91 Å². The van der Waals surface area contributed by atoms with Crippen LogP contribution in [0, 0.1) is 0 Å². The van der Waals surface area contributed by atoms with Crippen LogP contribution in [0.15, 0.2) is 40.4 Å². The SMILES string of the molecule is O=C(Cc1csc(-c2ccsc2)n1)NCc1cccc2c1OCCO2. The molecule has 128 valence electrons. The molecule has 0 spiro atoms. The Morgan fingerprint density at radius 1 is 1.20 bits per heavy atom. The molecule has 5 nitrogen and oxygen atoms in total. The number of benzene rings is 1. The summed E-state index contributed by atoms with van der Waals surface area (Å²) in [5, 5.41) is 9.90. The first kappa shape index (κ1) is 16.1. The molecule has 1 aliphatic rings. The number of carbonyl (C=O) groups is 1. The van der Waals surface area contributed by atoms with Crippen molar-refractivity contribution in [3.8, 4) is 22.1 Å². The van der Waals surface area contributed by atoms with Crippen LogP contribution in [0.2, 0.25) is 0 Å². The number of amides is 1. The second kappa shape index (κ2) is 7.25. The van der Waals surface area contributed by atoms with E-state index in [1.165, 1.54) is 0 Å². The molecule has 0 aliphatic carbocycles. The fourth-order valence-electron chi connectivity index (χ4n) is 2.60. The summed E-state index contributed by atoms with van der Waals surface area (Å²) >= 11 is 3.20. The molecule has 0 radical (unpaired) electrons. The molecule has 0 saturated heterocycles. The Bertz CT molecular complexity index is 874. The molecule has 0 unspecified atom stereocenters. The van der Waals surface area contributed by atoms with Gasteiger partial charge in [0.15, 0.2) is 11.5 Å². The molecule has 0 bridgehead atoms. The molecule has 0 atom stereocenters. The van der Waals surface area contributed by atoms with Crippen LogP contribution in [0.25, 0.3) is 10.6 Å². The highest BCUT2D eigenvalue weighted by Crippen LogP contribution is 2.33. The molecular weight excluding hydrogens is 356 g/mol. The van der Waals surface area contributed by atoms with Crippen LogP contribution in [0.3, 0.4) is 0 Å². The monoisotopic (exact) mass is 372 g/mol. The Morgan fingerprint density at radius 2 is 2.12 bits per heavy atom. The highest BCUT2D eigenvalue weighted by Gasteiger charge is 2.16. The largest absolute Gasteiger partial charge is 0.486 e. The van der Waals surface area contributed by atoms with Crippen molar-refractivity contribution >= 4 is 28.6 Å². The van der Waals surface area contributed by atoms with Crippen LogP contribution in [0.4, 0.5) is 0 Å². The maximum absolute atomic E-state index is 12.2. The molecule has 0 saturated carbocycles. The molecule has 3 aromatic rings. The van der Waals surface area contributed by atoms with Crippen molar-refractivity contribution in [1.29, 1.82) is 0 Å². The number of nitrogens with one attached hydrogen (secondary N) is 1. The number of ether oxygens (including phenoxy) is 2. The zero-order chi connectivity index (χ0) is 17.1. The van der Waals surface area contributed by atoms with E-state index < -0.39 is 0 Å². The fraction of sp³-hybridized carbons (Fsp3) is 0.222. The lowest BCUT2D eigenvalue weighted by atomic mass is 10.1. The molecule has 1 aromatic carbocycles. The van der Waals surface area contributed by atoms with Gasteiger partial charge in [-0.25, -0.2) is 4.98 Å². The Hall–Kier alpha value is -2.38. The van der Waals surface area contributed by atoms with Crippen molar-refractivity contribution in [3.63, 3.8) is 0 Å². The second-order valence-corrected chi connectivity index (χ2v) is 7.19.